The zero-order chi connectivity index (χ0) is 23.8. The van der Waals surface area contributed by atoms with Crippen LogP contribution in [0.3, 0.4) is 0 Å². The zero-order valence-corrected chi connectivity index (χ0v) is 20.5. The van der Waals surface area contributed by atoms with Gasteiger partial charge < -0.3 is 4.74 Å². The highest BCUT2D eigenvalue weighted by Crippen LogP contribution is 2.24. The van der Waals surface area contributed by atoms with E-state index in [9.17, 15) is 18.0 Å². The van der Waals surface area contributed by atoms with Crippen LogP contribution in [0.2, 0.25) is 0 Å². The van der Waals surface area contributed by atoms with Gasteiger partial charge in [0.05, 0.1) is 11.3 Å². The maximum Gasteiger partial charge on any atom is 0.306 e. The van der Waals surface area contributed by atoms with Crippen LogP contribution in [0.4, 0.5) is 0 Å². The molecule has 0 radical (unpaired) electrons. The van der Waals surface area contributed by atoms with E-state index < -0.39 is 21.9 Å². The summed E-state index contributed by atoms with van der Waals surface area (Å²) >= 11 is 3.31. The Kier molecular flexibility index (Phi) is 8.55. The number of halogens is 1. The maximum absolute atomic E-state index is 12.9. The normalized spacial score (nSPS) is 12.3. The molecule has 0 amide bonds. The second kappa shape index (κ2) is 11.4. The lowest BCUT2D eigenvalue weighted by atomic mass is 9.96. The second-order valence-corrected chi connectivity index (χ2v) is 10.5. The summed E-state index contributed by atoms with van der Waals surface area (Å²) in [5.74, 6) is -1.32. The van der Waals surface area contributed by atoms with E-state index in [1.807, 2.05) is 30.3 Å². The van der Waals surface area contributed by atoms with Crippen LogP contribution in [0, 0.1) is 0 Å². The molecule has 3 rings (SSSR count). The third kappa shape index (κ3) is 6.83. The number of sulfonamides is 1. The van der Waals surface area contributed by atoms with Crippen molar-refractivity contribution < 1.29 is 22.7 Å². The number of carbonyl (C=O) groups is 2. The van der Waals surface area contributed by atoms with Crippen molar-refractivity contribution in [2.45, 2.75) is 17.2 Å². The van der Waals surface area contributed by atoms with Crippen LogP contribution < -0.4 is 0 Å². The molecule has 0 fully saturated rings. The Bertz CT molecular complexity index is 1180. The third-order valence-electron chi connectivity index (χ3n) is 5.14. The molecule has 3 aromatic rings. The number of nitrogens with zero attached hydrogens (tertiary/aromatic N) is 1. The fourth-order valence-corrected chi connectivity index (χ4v) is 4.82. The molecule has 0 heterocycles. The second-order valence-electron chi connectivity index (χ2n) is 7.50. The fourth-order valence-electron chi connectivity index (χ4n) is 3.32. The Balaban J connectivity index is 1.69. The number of likely N-dealkylation sites (N-methyl/N-ethyl adjacent to an activating group) is 1. The Labute approximate surface area is 202 Å². The van der Waals surface area contributed by atoms with Gasteiger partial charge in [-0.1, -0.05) is 76.6 Å². The predicted octanol–water partition coefficient (Wildman–Crippen LogP) is 4.67. The zero-order valence-electron chi connectivity index (χ0n) is 18.1. The third-order valence-corrected chi connectivity index (χ3v) is 7.51. The number of hydrogen-bond acceptors (Lipinski definition) is 5. The predicted molar refractivity (Wildman–Crippen MR) is 129 cm³/mol. The first-order chi connectivity index (χ1) is 15.8. The molecule has 6 nitrogen and oxygen atoms in total. The highest BCUT2D eigenvalue weighted by atomic mass is 79.9. The van der Waals surface area contributed by atoms with Crippen LogP contribution in [0.25, 0.3) is 0 Å². The molecular formula is C25H24BrNO5S. The SMILES string of the molecule is CN(CC(CC(=O)OCC(=O)c1ccc(Br)cc1)c1ccccc1)S(=O)(=O)c1ccccc1. The van der Waals surface area contributed by atoms with Gasteiger partial charge in [-0.15, -0.1) is 0 Å². The molecule has 1 atom stereocenters. The first-order valence-electron chi connectivity index (χ1n) is 10.3. The summed E-state index contributed by atoms with van der Waals surface area (Å²) in [5.41, 5.74) is 1.25. The van der Waals surface area contributed by atoms with Gasteiger partial charge in [0.25, 0.3) is 0 Å². The van der Waals surface area contributed by atoms with Crippen LogP contribution in [0.5, 0.6) is 0 Å². The van der Waals surface area contributed by atoms with Gasteiger partial charge in [-0.05, 0) is 29.8 Å². The maximum atomic E-state index is 12.9. The van der Waals surface area contributed by atoms with E-state index in [1.54, 1.807) is 42.5 Å². The standard InChI is InChI=1S/C25H24BrNO5S/c1-27(33(30,31)23-10-6-3-7-11-23)17-21(19-8-4-2-5-9-19)16-25(29)32-18-24(28)20-12-14-22(26)15-13-20/h2-15,21H,16-18H2,1H3. The minimum absolute atomic E-state index is 0.0632. The van der Waals surface area contributed by atoms with E-state index in [0.717, 1.165) is 10.0 Å². The lowest BCUT2D eigenvalue weighted by Gasteiger charge is -2.24. The highest BCUT2D eigenvalue weighted by Gasteiger charge is 2.26. The molecular weight excluding hydrogens is 506 g/mol. The fraction of sp³-hybridized carbons (Fsp3) is 0.200. The van der Waals surface area contributed by atoms with Gasteiger partial charge in [-0.3, -0.25) is 9.59 Å². The van der Waals surface area contributed by atoms with Crippen molar-refractivity contribution in [1.82, 2.24) is 4.31 Å². The van der Waals surface area contributed by atoms with E-state index in [2.05, 4.69) is 15.9 Å². The molecule has 0 aliphatic carbocycles. The largest absolute Gasteiger partial charge is 0.457 e. The first-order valence-corrected chi connectivity index (χ1v) is 12.5. The smallest absolute Gasteiger partial charge is 0.306 e. The lowest BCUT2D eigenvalue weighted by molar-refractivity contribution is -0.143. The molecule has 3 aromatic carbocycles. The summed E-state index contributed by atoms with van der Waals surface area (Å²) in [6.45, 7) is -0.295. The topological polar surface area (TPSA) is 80.8 Å². The van der Waals surface area contributed by atoms with Gasteiger partial charge in [0.1, 0.15) is 0 Å². The molecule has 0 aliphatic heterocycles. The van der Waals surface area contributed by atoms with Crippen molar-refractivity contribution in [1.29, 1.82) is 0 Å². The summed E-state index contributed by atoms with van der Waals surface area (Å²) in [6.07, 6.45) is -0.0632. The number of benzene rings is 3. The molecule has 8 heteroatoms. The molecule has 0 N–H and O–H groups in total. The lowest BCUT2D eigenvalue weighted by Crippen LogP contribution is -2.32. The van der Waals surface area contributed by atoms with E-state index in [1.165, 1.54) is 23.5 Å². The molecule has 33 heavy (non-hydrogen) atoms. The molecule has 0 saturated heterocycles. The van der Waals surface area contributed by atoms with Crippen molar-refractivity contribution in [3.8, 4) is 0 Å². The monoisotopic (exact) mass is 529 g/mol. The van der Waals surface area contributed by atoms with Gasteiger partial charge >= 0.3 is 5.97 Å². The van der Waals surface area contributed by atoms with Crippen molar-refractivity contribution in [3.63, 3.8) is 0 Å². The molecule has 0 spiro atoms. The number of Topliss-reactive ketones (excluding diaryl/α,β-unsaturated/α-hetero) is 1. The van der Waals surface area contributed by atoms with Gasteiger partial charge in [-0.2, -0.15) is 0 Å². The number of hydrogen-bond donors (Lipinski definition) is 0. The van der Waals surface area contributed by atoms with Crippen molar-refractivity contribution in [3.05, 3.63) is 101 Å². The molecule has 1 unspecified atom stereocenters. The van der Waals surface area contributed by atoms with Crippen molar-refractivity contribution in [2.75, 3.05) is 20.2 Å². The highest BCUT2D eigenvalue weighted by molar-refractivity contribution is 9.10. The summed E-state index contributed by atoms with van der Waals surface area (Å²) in [7, 11) is -2.23. The van der Waals surface area contributed by atoms with Gasteiger partial charge in [0.2, 0.25) is 10.0 Å². The average Bonchev–Trinajstić information content (AvgIpc) is 2.83. The number of ketones is 1. The summed E-state index contributed by atoms with van der Waals surface area (Å²) in [6, 6.07) is 24.1. The van der Waals surface area contributed by atoms with E-state index in [4.69, 9.17) is 4.74 Å². The van der Waals surface area contributed by atoms with Crippen molar-refractivity contribution in [2.24, 2.45) is 0 Å². The number of ether oxygens (including phenoxy) is 1. The van der Waals surface area contributed by atoms with Gasteiger partial charge in [0.15, 0.2) is 12.4 Å². The molecule has 0 saturated carbocycles. The summed E-state index contributed by atoms with van der Waals surface area (Å²) in [5, 5.41) is 0. The average molecular weight is 530 g/mol. The van der Waals surface area contributed by atoms with E-state index in [-0.39, 0.29) is 30.3 Å². The first kappa shape index (κ1) is 24.8. The molecule has 0 bridgehead atoms. The molecule has 172 valence electrons. The van der Waals surface area contributed by atoms with Crippen LogP contribution in [-0.2, 0) is 19.6 Å². The van der Waals surface area contributed by atoms with Gasteiger partial charge in [0, 0.05) is 29.5 Å². The number of esters is 1. The minimum Gasteiger partial charge on any atom is -0.457 e. The van der Waals surface area contributed by atoms with Crippen LogP contribution >= 0.6 is 15.9 Å². The molecule has 0 aliphatic rings. The summed E-state index contributed by atoms with van der Waals surface area (Å²) < 4.78 is 33.2. The van der Waals surface area contributed by atoms with Gasteiger partial charge in [-0.25, -0.2) is 12.7 Å². The van der Waals surface area contributed by atoms with Crippen LogP contribution in [0.15, 0.2) is 94.3 Å². The molecule has 0 aromatic heterocycles. The Morgan fingerprint density at radius 2 is 1.48 bits per heavy atom. The Hall–Kier alpha value is -2.81. The minimum atomic E-state index is -3.72. The summed E-state index contributed by atoms with van der Waals surface area (Å²) in [4.78, 5) is 25.1. The van der Waals surface area contributed by atoms with Crippen LogP contribution in [-0.4, -0.2) is 44.7 Å². The number of rotatable bonds is 10. The van der Waals surface area contributed by atoms with Crippen molar-refractivity contribution >= 4 is 37.7 Å². The number of carbonyl (C=O) groups excluding carboxylic acids is 2. The van der Waals surface area contributed by atoms with E-state index >= 15 is 0 Å². The van der Waals surface area contributed by atoms with E-state index in [0.29, 0.717) is 5.56 Å². The Morgan fingerprint density at radius 3 is 2.09 bits per heavy atom. The van der Waals surface area contributed by atoms with Crippen LogP contribution in [0.1, 0.15) is 28.3 Å². The quantitative estimate of drug-likeness (QED) is 0.281. The Morgan fingerprint density at radius 1 is 0.909 bits per heavy atom.